The first-order valence-electron chi connectivity index (χ1n) is 7.20. The number of carbonyl (C=O) groups is 1. The Bertz CT molecular complexity index is 829. The topological polar surface area (TPSA) is 63.7 Å². The van der Waals surface area contributed by atoms with Crippen LogP contribution < -0.4 is 4.31 Å². The SMILES string of the molecule is CC(C)(C)OC(=O)N(c1ccccc1)S(=O)(=O)c1cccc(Br)c1. The van der Waals surface area contributed by atoms with Crippen molar-refractivity contribution in [1.29, 1.82) is 0 Å². The highest BCUT2D eigenvalue weighted by Crippen LogP contribution is 2.27. The molecule has 5 nitrogen and oxygen atoms in total. The van der Waals surface area contributed by atoms with Crippen molar-refractivity contribution < 1.29 is 17.9 Å². The maximum Gasteiger partial charge on any atom is 0.429 e. The van der Waals surface area contributed by atoms with Crippen LogP contribution in [0.1, 0.15) is 20.8 Å². The quantitative estimate of drug-likeness (QED) is 0.741. The summed E-state index contributed by atoms with van der Waals surface area (Å²) in [5.41, 5.74) is -0.608. The molecule has 2 aromatic rings. The van der Waals surface area contributed by atoms with Crippen LogP contribution in [-0.4, -0.2) is 20.1 Å². The van der Waals surface area contributed by atoms with Crippen LogP contribution in [0, 0.1) is 0 Å². The summed E-state index contributed by atoms with van der Waals surface area (Å²) in [5.74, 6) is 0. The van der Waals surface area contributed by atoms with Crippen LogP contribution in [0.3, 0.4) is 0 Å². The third kappa shape index (κ3) is 4.36. The summed E-state index contributed by atoms with van der Waals surface area (Å²) in [5, 5.41) is 0. The molecule has 0 unspecified atom stereocenters. The molecule has 0 radical (unpaired) electrons. The average molecular weight is 412 g/mol. The van der Waals surface area contributed by atoms with Crippen molar-refractivity contribution in [2.24, 2.45) is 0 Å². The fraction of sp³-hybridized carbons (Fsp3) is 0.235. The number of rotatable bonds is 3. The average Bonchev–Trinajstić information content (AvgIpc) is 2.46. The molecule has 2 aromatic carbocycles. The zero-order chi connectivity index (χ0) is 18.0. The van der Waals surface area contributed by atoms with E-state index >= 15 is 0 Å². The Labute approximate surface area is 150 Å². The van der Waals surface area contributed by atoms with Gasteiger partial charge in [-0.2, -0.15) is 4.31 Å². The second-order valence-electron chi connectivity index (χ2n) is 6.04. The number of para-hydroxylation sites is 1. The highest BCUT2D eigenvalue weighted by Gasteiger charge is 2.34. The van der Waals surface area contributed by atoms with Gasteiger partial charge >= 0.3 is 6.09 Å². The predicted molar refractivity (Wildman–Crippen MR) is 96.5 cm³/mol. The Kier molecular flexibility index (Phi) is 5.35. The van der Waals surface area contributed by atoms with Gasteiger partial charge in [-0.1, -0.05) is 40.2 Å². The second-order valence-corrected chi connectivity index (χ2v) is 8.75. The van der Waals surface area contributed by atoms with Gasteiger partial charge in [0.15, 0.2) is 0 Å². The summed E-state index contributed by atoms with van der Waals surface area (Å²) in [7, 11) is -4.12. The van der Waals surface area contributed by atoms with E-state index in [1.54, 1.807) is 63.2 Å². The standard InChI is InChI=1S/C17H18BrNO4S/c1-17(2,3)23-16(20)19(14-9-5-4-6-10-14)24(21,22)15-11-7-8-13(18)12-15/h4-12H,1-3H3. The molecule has 7 heteroatoms. The van der Waals surface area contributed by atoms with Crippen LogP contribution in [0.5, 0.6) is 0 Å². The third-order valence-electron chi connectivity index (χ3n) is 2.88. The number of carbonyl (C=O) groups excluding carboxylic acids is 1. The van der Waals surface area contributed by atoms with Gasteiger partial charge in [-0.25, -0.2) is 13.2 Å². The van der Waals surface area contributed by atoms with E-state index in [0.717, 1.165) is 0 Å². The molecule has 0 fully saturated rings. The maximum atomic E-state index is 13.0. The highest BCUT2D eigenvalue weighted by atomic mass is 79.9. The van der Waals surface area contributed by atoms with Crippen molar-refractivity contribution in [3.05, 3.63) is 59.1 Å². The first-order chi connectivity index (χ1) is 11.1. The number of amides is 1. The smallest absolute Gasteiger partial charge is 0.429 e. The van der Waals surface area contributed by atoms with Crippen molar-refractivity contribution in [1.82, 2.24) is 0 Å². The van der Waals surface area contributed by atoms with Gasteiger partial charge < -0.3 is 4.74 Å². The molecule has 0 aliphatic rings. The predicted octanol–water partition coefficient (Wildman–Crippen LogP) is 4.58. The van der Waals surface area contributed by atoms with E-state index in [4.69, 9.17) is 4.74 Å². The van der Waals surface area contributed by atoms with Gasteiger partial charge in [0.25, 0.3) is 10.0 Å². The van der Waals surface area contributed by atoms with Gasteiger partial charge in [-0.15, -0.1) is 0 Å². The van der Waals surface area contributed by atoms with Crippen LogP contribution >= 0.6 is 15.9 Å². The first kappa shape index (κ1) is 18.5. The second kappa shape index (κ2) is 6.94. The van der Waals surface area contributed by atoms with Gasteiger partial charge in [0, 0.05) is 4.47 Å². The van der Waals surface area contributed by atoms with Crippen LogP contribution in [0.2, 0.25) is 0 Å². The lowest BCUT2D eigenvalue weighted by Gasteiger charge is -2.27. The molecular weight excluding hydrogens is 394 g/mol. The number of ether oxygens (including phenoxy) is 1. The van der Waals surface area contributed by atoms with Crippen molar-refractivity contribution in [2.75, 3.05) is 4.31 Å². The van der Waals surface area contributed by atoms with Crippen LogP contribution in [0.15, 0.2) is 64.0 Å². The van der Waals surface area contributed by atoms with Gasteiger partial charge in [0.1, 0.15) is 5.60 Å². The van der Waals surface area contributed by atoms with Crippen molar-refractivity contribution in [3.63, 3.8) is 0 Å². The lowest BCUT2D eigenvalue weighted by molar-refractivity contribution is 0.0609. The van der Waals surface area contributed by atoms with Gasteiger partial charge in [-0.3, -0.25) is 0 Å². The normalized spacial score (nSPS) is 11.8. The minimum atomic E-state index is -4.12. The number of hydrogen-bond acceptors (Lipinski definition) is 4. The molecule has 0 heterocycles. The lowest BCUT2D eigenvalue weighted by atomic mass is 10.2. The van der Waals surface area contributed by atoms with E-state index < -0.39 is 21.7 Å². The molecule has 0 saturated carbocycles. The van der Waals surface area contributed by atoms with E-state index in [-0.39, 0.29) is 10.6 Å². The minimum absolute atomic E-state index is 0.00779. The minimum Gasteiger partial charge on any atom is -0.443 e. The zero-order valence-corrected chi connectivity index (χ0v) is 16.0. The Hall–Kier alpha value is -1.86. The number of nitrogens with zero attached hydrogens (tertiary/aromatic N) is 1. The molecule has 0 bridgehead atoms. The third-order valence-corrected chi connectivity index (χ3v) is 5.07. The number of anilines is 1. The number of sulfonamides is 1. The lowest BCUT2D eigenvalue weighted by Crippen LogP contribution is -2.41. The molecule has 128 valence electrons. The largest absolute Gasteiger partial charge is 0.443 e. The highest BCUT2D eigenvalue weighted by molar-refractivity contribution is 9.10. The van der Waals surface area contributed by atoms with Crippen molar-refractivity contribution >= 4 is 37.7 Å². The van der Waals surface area contributed by atoms with E-state index in [1.165, 1.54) is 12.1 Å². The fourth-order valence-corrected chi connectivity index (χ4v) is 3.86. The first-order valence-corrected chi connectivity index (χ1v) is 9.43. The van der Waals surface area contributed by atoms with E-state index in [1.807, 2.05) is 0 Å². The Morgan fingerprint density at radius 3 is 2.21 bits per heavy atom. The Balaban J connectivity index is 2.56. The summed E-state index contributed by atoms with van der Waals surface area (Å²) in [6, 6.07) is 14.3. The molecule has 0 N–H and O–H groups in total. The number of benzene rings is 2. The van der Waals surface area contributed by atoms with Gasteiger partial charge in [-0.05, 0) is 51.1 Å². The summed E-state index contributed by atoms with van der Waals surface area (Å²) >= 11 is 3.25. The van der Waals surface area contributed by atoms with E-state index in [2.05, 4.69) is 15.9 Å². The Morgan fingerprint density at radius 2 is 1.67 bits per heavy atom. The maximum absolute atomic E-state index is 13.0. The fourth-order valence-electron chi connectivity index (χ4n) is 1.94. The van der Waals surface area contributed by atoms with Crippen molar-refractivity contribution in [2.45, 2.75) is 31.3 Å². The molecular formula is C17H18BrNO4S. The van der Waals surface area contributed by atoms with E-state index in [9.17, 15) is 13.2 Å². The van der Waals surface area contributed by atoms with Gasteiger partial charge in [0.05, 0.1) is 10.6 Å². The van der Waals surface area contributed by atoms with Crippen LogP contribution in [0.25, 0.3) is 0 Å². The molecule has 1 amide bonds. The zero-order valence-electron chi connectivity index (χ0n) is 13.6. The monoisotopic (exact) mass is 411 g/mol. The molecule has 2 rings (SSSR count). The number of hydrogen-bond donors (Lipinski definition) is 0. The molecule has 0 saturated heterocycles. The molecule has 0 spiro atoms. The molecule has 0 aliphatic carbocycles. The molecule has 0 atom stereocenters. The van der Waals surface area contributed by atoms with Crippen molar-refractivity contribution in [3.8, 4) is 0 Å². The van der Waals surface area contributed by atoms with Crippen LogP contribution in [-0.2, 0) is 14.8 Å². The molecule has 24 heavy (non-hydrogen) atoms. The van der Waals surface area contributed by atoms with Gasteiger partial charge in [0.2, 0.25) is 0 Å². The summed E-state index contributed by atoms with van der Waals surface area (Å²) in [6.07, 6.45) is -0.950. The summed E-state index contributed by atoms with van der Waals surface area (Å²) in [6.45, 7) is 5.04. The molecule has 0 aromatic heterocycles. The summed E-state index contributed by atoms with van der Waals surface area (Å²) < 4.78 is 32.6. The summed E-state index contributed by atoms with van der Waals surface area (Å²) in [4.78, 5) is 12.6. The van der Waals surface area contributed by atoms with Crippen LogP contribution in [0.4, 0.5) is 10.5 Å². The number of halogens is 1. The Morgan fingerprint density at radius 1 is 1.04 bits per heavy atom. The van der Waals surface area contributed by atoms with E-state index in [0.29, 0.717) is 8.78 Å². The molecule has 0 aliphatic heterocycles.